The van der Waals surface area contributed by atoms with Crippen molar-refractivity contribution >= 4 is 5.69 Å². The van der Waals surface area contributed by atoms with E-state index in [2.05, 4.69) is 20.0 Å². The van der Waals surface area contributed by atoms with Crippen molar-refractivity contribution in [3.63, 3.8) is 0 Å². The lowest BCUT2D eigenvalue weighted by Gasteiger charge is -2.03. The van der Waals surface area contributed by atoms with Crippen molar-refractivity contribution in [2.24, 2.45) is 0 Å². The van der Waals surface area contributed by atoms with Crippen molar-refractivity contribution < 1.29 is 17.7 Å². The fourth-order valence-corrected chi connectivity index (χ4v) is 1.63. The normalized spacial score (nSPS) is 15.5. The third-order valence-electron chi connectivity index (χ3n) is 2.76. The number of hydrogen-bond acceptors (Lipinski definition) is 4. The van der Waals surface area contributed by atoms with E-state index in [-0.39, 0.29) is 5.82 Å². The van der Waals surface area contributed by atoms with Crippen LogP contribution in [0.25, 0.3) is 11.4 Å². The highest BCUT2D eigenvalue weighted by Gasteiger charge is 2.38. The third kappa shape index (κ3) is 2.69. The summed E-state index contributed by atoms with van der Waals surface area (Å²) in [5, 5.41) is 6.61. The van der Waals surface area contributed by atoms with Crippen LogP contribution in [-0.4, -0.2) is 16.2 Å². The standard InChI is InChI=1S/C12H10F3N3O/c13-12(14,15)11-17-10(18-19-11)7-1-3-8(4-2-7)16-9-5-6-9/h1-4,9,16H,5-6H2. The molecule has 1 fully saturated rings. The Bertz CT molecular complexity index is 573. The van der Waals surface area contributed by atoms with Gasteiger partial charge in [-0.05, 0) is 37.1 Å². The molecule has 19 heavy (non-hydrogen) atoms. The summed E-state index contributed by atoms with van der Waals surface area (Å²) in [6, 6.07) is 7.42. The first kappa shape index (κ1) is 12.0. The maximum Gasteiger partial charge on any atom is 0.471 e. The lowest BCUT2D eigenvalue weighted by Crippen LogP contribution is -2.04. The maximum absolute atomic E-state index is 12.3. The molecule has 1 aromatic carbocycles. The molecule has 0 atom stereocenters. The predicted molar refractivity (Wildman–Crippen MR) is 61.4 cm³/mol. The highest BCUT2D eigenvalue weighted by Crippen LogP contribution is 2.30. The van der Waals surface area contributed by atoms with E-state index in [4.69, 9.17) is 0 Å². The number of hydrogen-bond donors (Lipinski definition) is 1. The number of aromatic nitrogens is 2. The van der Waals surface area contributed by atoms with Crippen molar-refractivity contribution in [3.8, 4) is 11.4 Å². The molecule has 2 aromatic rings. The SMILES string of the molecule is FC(F)(F)c1nc(-c2ccc(NC3CC3)cc2)no1. The quantitative estimate of drug-likeness (QED) is 0.928. The fourth-order valence-electron chi connectivity index (χ4n) is 1.63. The van der Waals surface area contributed by atoms with Crippen LogP contribution in [0.1, 0.15) is 18.7 Å². The molecule has 7 heteroatoms. The second kappa shape index (κ2) is 4.25. The summed E-state index contributed by atoms with van der Waals surface area (Å²) in [5.41, 5.74) is 1.42. The van der Waals surface area contributed by atoms with Crippen molar-refractivity contribution in [3.05, 3.63) is 30.2 Å². The molecule has 1 heterocycles. The fraction of sp³-hybridized carbons (Fsp3) is 0.333. The molecule has 1 aliphatic carbocycles. The highest BCUT2D eigenvalue weighted by molar-refractivity contribution is 5.59. The summed E-state index contributed by atoms with van der Waals surface area (Å²) in [6.45, 7) is 0. The molecule has 1 aliphatic rings. The van der Waals surface area contributed by atoms with Gasteiger partial charge in [-0.25, -0.2) is 0 Å². The van der Waals surface area contributed by atoms with Gasteiger partial charge in [0.05, 0.1) is 0 Å². The average Bonchev–Trinajstić information content (AvgIpc) is 3.02. The van der Waals surface area contributed by atoms with Crippen molar-refractivity contribution in [1.29, 1.82) is 0 Å². The maximum atomic E-state index is 12.3. The van der Waals surface area contributed by atoms with Gasteiger partial charge in [-0.15, -0.1) is 0 Å². The molecule has 0 spiro atoms. The molecule has 0 radical (unpaired) electrons. The van der Waals surface area contributed by atoms with E-state index in [1.54, 1.807) is 24.3 Å². The predicted octanol–water partition coefficient (Wildman–Crippen LogP) is 3.33. The van der Waals surface area contributed by atoms with Gasteiger partial charge >= 0.3 is 12.1 Å². The minimum Gasteiger partial charge on any atom is -0.382 e. The molecule has 4 nitrogen and oxygen atoms in total. The topological polar surface area (TPSA) is 51.0 Å². The lowest BCUT2D eigenvalue weighted by atomic mass is 10.2. The third-order valence-corrected chi connectivity index (χ3v) is 2.76. The van der Waals surface area contributed by atoms with Crippen molar-refractivity contribution in [2.75, 3.05) is 5.32 Å². The van der Waals surface area contributed by atoms with E-state index >= 15 is 0 Å². The van der Waals surface area contributed by atoms with E-state index in [9.17, 15) is 13.2 Å². The number of benzene rings is 1. The van der Waals surface area contributed by atoms with Gasteiger partial charge in [0.1, 0.15) is 0 Å². The molecule has 0 aliphatic heterocycles. The van der Waals surface area contributed by atoms with E-state index in [1.807, 2.05) is 0 Å². The Morgan fingerprint density at radius 3 is 2.37 bits per heavy atom. The Hall–Kier alpha value is -2.05. The Balaban J connectivity index is 1.79. The highest BCUT2D eigenvalue weighted by atomic mass is 19.4. The summed E-state index contributed by atoms with van der Waals surface area (Å²) in [7, 11) is 0. The Morgan fingerprint density at radius 2 is 1.84 bits per heavy atom. The minimum atomic E-state index is -4.61. The van der Waals surface area contributed by atoms with Crippen LogP contribution >= 0.6 is 0 Å². The van der Waals surface area contributed by atoms with E-state index in [0.29, 0.717) is 11.6 Å². The molecule has 0 bridgehead atoms. The Labute approximate surface area is 106 Å². The largest absolute Gasteiger partial charge is 0.471 e. The number of anilines is 1. The number of nitrogens with zero attached hydrogens (tertiary/aromatic N) is 2. The summed E-state index contributed by atoms with van der Waals surface area (Å²) in [4.78, 5) is 3.33. The number of halogens is 3. The first-order valence-corrected chi connectivity index (χ1v) is 5.80. The van der Waals surface area contributed by atoms with Crippen LogP contribution in [0.3, 0.4) is 0 Å². The average molecular weight is 269 g/mol. The first-order valence-electron chi connectivity index (χ1n) is 5.80. The van der Waals surface area contributed by atoms with E-state index < -0.39 is 12.1 Å². The minimum absolute atomic E-state index is 0.0645. The molecule has 0 saturated heterocycles. The second-order valence-electron chi connectivity index (χ2n) is 4.42. The Kier molecular flexibility index (Phi) is 2.69. The lowest BCUT2D eigenvalue weighted by molar-refractivity contribution is -0.159. The van der Waals surface area contributed by atoms with Crippen LogP contribution in [0.5, 0.6) is 0 Å². The zero-order chi connectivity index (χ0) is 13.5. The zero-order valence-electron chi connectivity index (χ0n) is 9.74. The number of nitrogens with one attached hydrogen (secondary N) is 1. The van der Waals surface area contributed by atoms with Crippen LogP contribution in [0, 0.1) is 0 Å². The molecule has 1 N–H and O–H groups in total. The van der Waals surface area contributed by atoms with E-state index in [0.717, 1.165) is 18.5 Å². The second-order valence-corrected chi connectivity index (χ2v) is 4.42. The first-order chi connectivity index (χ1) is 9.02. The molecule has 0 unspecified atom stereocenters. The van der Waals surface area contributed by atoms with Crippen LogP contribution in [-0.2, 0) is 6.18 Å². The summed E-state index contributed by atoms with van der Waals surface area (Å²) in [5.74, 6) is -1.40. The van der Waals surface area contributed by atoms with Crippen LogP contribution in [0.4, 0.5) is 18.9 Å². The van der Waals surface area contributed by atoms with Crippen LogP contribution < -0.4 is 5.32 Å². The molecule has 3 rings (SSSR count). The Morgan fingerprint density at radius 1 is 1.16 bits per heavy atom. The molecule has 100 valence electrons. The summed E-state index contributed by atoms with van der Waals surface area (Å²) < 4.78 is 41.2. The van der Waals surface area contributed by atoms with Gasteiger partial charge in [0, 0.05) is 17.3 Å². The van der Waals surface area contributed by atoms with Gasteiger partial charge < -0.3 is 9.84 Å². The smallest absolute Gasteiger partial charge is 0.382 e. The van der Waals surface area contributed by atoms with Gasteiger partial charge in [0.15, 0.2) is 0 Å². The zero-order valence-corrected chi connectivity index (χ0v) is 9.74. The molecule has 1 aromatic heterocycles. The number of rotatable bonds is 3. The summed E-state index contributed by atoms with van der Waals surface area (Å²) >= 11 is 0. The van der Waals surface area contributed by atoms with Gasteiger partial charge in [-0.3, -0.25) is 0 Å². The van der Waals surface area contributed by atoms with E-state index in [1.165, 1.54) is 0 Å². The van der Waals surface area contributed by atoms with Crippen molar-refractivity contribution in [1.82, 2.24) is 10.1 Å². The van der Waals surface area contributed by atoms with Gasteiger partial charge in [0.2, 0.25) is 5.82 Å². The van der Waals surface area contributed by atoms with Crippen LogP contribution in [0.2, 0.25) is 0 Å². The monoisotopic (exact) mass is 269 g/mol. The number of alkyl halides is 3. The molecule has 0 amide bonds. The van der Waals surface area contributed by atoms with Gasteiger partial charge in [0.25, 0.3) is 0 Å². The molecular weight excluding hydrogens is 259 g/mol. The molecular formula is C12H10F3N3O. The summed E-state index contributed by atoms with van der Waals surface area (Å²) in [6.07, 6.45) is -2.30. The van der Waals surface area contributed by atoms with Crippen molar-refractivity contribution in [2.45, 2.75) is 25.1 Å². The van der Waals surface area contributed by atoms with Gasteiger partial charge in [-0.1, -0.05) is 5.16 Å². The molecule has 1 saturated carbocycles. The van der Waals surface area contributed by atoms with Crippen LogP contribution in [0.15, 0.2) is 28.8 Å². The van der Waals surface area contributed by atoms with Gasteiger partial charge in [-0.2, -0.15) is 18.2 Å².